The lowest BCUT2D eigenvalue weighted by atomic mass is 9.80. The van der Waals surface area contributed by atoms with Crippen molar-refractivity contribution in [3.63, 3.8) is 0 Å². The molecule has 3 N–H and O–H groups in total. The zero-order valence-corrected chi connectivity index (χ0v) is 23.0. The molecule has 3 aromatic rings. The van der Waals surface area contributed by atoms with Crippen molar-refractivity contribution in [1.29, 1.82) is 0 Å². The number of amides is 4. The Bertz CT molecular complexity index is 1700. The predicted octanol–water partition coefficient (Wildman–Crippen LogP) is 3.11. The van der Waals surface area contributed by atoms with Gasteiger partial charge in [-0.15, -0.1) is 0 Å². The van der Waals surface area contributed by atoms with E-state index in [0.29, 0.717) is 22.5 Å². The number of anilines is 2. The molecule has 0 bridgehead atoms. The third-order valence-electron chi connectivity index (χ3n) is 7.95. The Kier molecular flexibility index (Phi) is 7.37. The Morgan fingerprint density at radius 2 is 1.72 bits per heavy atom. The van der Waals surface area contributed by atoms with E-state index in [1.807, 2.05) is 30.3 Å². The first kappa shape index (κ1) is 27.7. The van der Waals surface area contributed by atoms with Gasteiger partial charge in [-0.1, -0.05) is 36.4 Å². The van der Waals surface area contributed by atoms with Crippen molar-refractivity contribution >= 4 is 46.6 Å². The van der Waals surface area contributed by atoms with Crippen LogP contribution in [0.5, 0.6) is 0 Å². The quantitative estimate of drug-likeness (QED) is 0.229. The number of nitrogens with one attached hydrogen (secondary N) is 3. The first-order valence-corrected chi connectivity index (χ1v) is 13.9. The molecular formula is C32H27N5O6. The number of pyridine rings is 1. The van der Waals surface area contributed by atoms with E-state index in [-0.39, 0.29) is 72.7 Å². The molecule has 0 radical (unpaired) electrons. The summed E-state index contributed by atoms with van der Waals surface area (Å²) in [6.07, 6.45) is 5.05. The molecule has 2 aromatic carbocycles. The molecule has 1 saturated heterocycles. The van der Waals surface area contributed by atoms with Crippen LogP contribution in [0.4, 0.5) is 11.4 Å². The minimum atomic E-state index is -0.769. The molecule has 3 aliphatic rings. The minimum Gasteiger partial charge on any atom is -0.360 e. The van der Waals surface area contributed by atoms with Crippen molar-refractivity contribution in [2.45, 2.75) is 44.2 Å². The third kappa shape index (κ3) is 5.56. The average molecular weight is 578 g/mol. The second-order valence-corrected chi connectivity index (χ2v) is 10.7. The monoisotopic (exact) mass is 577 g/mol. The first-order valence-electron chi connectivity index (χ1n) is 13.9. The average Bonchev–Trinajstić information content (AvgIpc) is 3.34. The highest BCUT2D eigenvalue weighted by atomic mass is 16.2. The number of imide groups is 1. The number of carbonyl (C=O) groups is 6. The molecule has 4 amide bonds. The van der Waals surface area contributed by atoms with Crippen molar-refractivity contribution in [2.24, 2.45) is 0 Å². The van der Waals surface area contributed by atoms with E-state index in [1.54, 1.807) is 18.2 Å². The molecule has 2 aliphatic heterocycles. The van der Waals surface area contributed by atoms with E-state index < -0.39 is 17.9 Å². The molecule has 1 saturated carbocycles. The highest BCUT2D eigenvalue weighted by Gasteiger charge is 2.40. The zero-order chi connectivity index (χ0) is 30.1. The minimum absolute atomic E-state index is 0.0760. The summed E-state index contributed by atoms with van der Waals surface area (Å²) in [6, 6.07) is 15.2. The number of piperidine rings is 1. The van der Waals surface area contributed by atoms with E-state index in [0.717, 1.165) is 5.56 Å². The molecule has 3 heterocycles. The molecule has 2 fully saturated rings. The number of ketones is 2. The van der Waals surface area contributed by atoms with Gasteiger partial charge >= 0.3 is 0 Å². The number of rotatable bonds is 6. The van der Waals surface area contributed by atoms with Gasteiger partial charge in [0.15, 0.2) is 11.6 Å². The summed E-state index contributed by atoms with van der Waals surface area (Å²) >= 11 is 0. The van der Waals surface area contributed by atoms with Gasteiger partial charge in [0.25, 0.3) is 11.8 Å². The van der Waals surface area contributed by atoms with Crippen LogP contribution in [-0.4, -0.2) is 51.1 Å². The standard InChI is InChI=1S/C32H27N5O6/c38-27-12-19(18-5-2-1-3-6-18)13-28(39)23(27)16-34-21-11-20(14-33-15-21)30(41)35-25-8-4-7-22-24(25)17-37(32(22)43)26-9-10-29(40)36-31(26)42/h1-8,11,14-16,19,26,34H,9-10,12-13,17H2,(H,35,41)(H,36,40,42). The molecule has 1 atom stereocenters. The maximum absolute atomic E-state index is 13.2. The van der Waals surface area contributed by atoms with E-state index in [4.69, 9.17) is 0 Å². The maximum atomic E-state index is 13.2. The third-order valence-corrected chi connectivity index (χ3v) is 7.95. The van der Waals surface area contributed by atoms with Crippen LogP contribution in [0, 0.1) is 0 Å². The number of Topliss-reactive ketones (excluding diaryl/α,β-unsaturated/α-hetero) is 2. The number of aromatic nitrogens is 1. The van der Waals surface area contributed by atoms with Gasteiger partial charge < -0.3 is 15.5 Å². The van der Waals surface area contributed by atoms with Gasteiger partial charge in [0.1, 0.15) is 6.04 Å². The van der Waals surface area contributed by atoms with E-state index in [2.05, 4.69) is 20.9 Å². The molecule has 216 valence electrons. The van der Waals surface area contributed by atoms with Crippen molar-refractivity contribution in [3.8, 4) is 0 Å². The Morgan fingerprint density at radius 1 is 0.953 bits per heavy atom. The molecule has 6 rings (SSSR count). The largest absolute Gasteiger partial charge is 0.360 e. The summed E-state index contributed by atoms with van der Waals surface area (Å²) in [5, 5.41) is 8.03. The lowest BCUT2D eigenvalue weighted by Crippen LogP contribution is -2.52. The maximum Gasteiger partial charge on any atom is 0.257 e. The number of benzene rings is 2. The lowest BCUT2D eigenvalue weighted by Gasteiger charge is -2.29. The van der Waals surface area contributed by atoms with Gasteiger partial charge in [-0.3, -0.25) is 39.1 Å². The van der Waals surface area contributed by atoms with Gasteiger partial charge in [-0.25, -0.2) is 0 Å². The van der Waals surface area contributed by atoms with Crippen LogP contribution in [0.15, 0.2) is 78.8 Å². The highest BCUT2D eigenvalue weighted by molar-refractivity contribution is 6.22. The Balaban J connectivity index is 1.13. The van der Waals surface area contributed by atoms with Crippen LogP contribution in [0.25, 0.3) is 0 Å². The van der Waals surface area contributed by atoms with Crippen LogP contribution in [0.3, 0.4) is 0 Å². The highest BCUT2D eigenvalue weighted by Crippen LogP contribution is 2.33. The van der Waals surface area contributed by atoms with E-state index in [1.165, 1.54) is 29.6 Å². The number of carbonyl (C=O) groups excluding carboxylic acids is 6. The summed E-state index contributed by atoms with van der Waals surface area (Å²) in [6.45, 7) is 0.109. The van der Waals surface area contributed by atoms with Crippen molar-refractivity contribution in [3.05, 3.63) is 101 Å². The van der Waals surface area contributed by atoms with Crippen LogP contribution in [-0.2, 0) is 25.7 Å². The van der Waals surface area contributed by atoms with Gasteiger partial charge in [0.2, 0.25) is 11.8 Å². The van der Waals surface area contributed by atoms with Gasteiger partial charge in [-0.05, 0) is 36.1 Å². The zero-order valence-electron chi connectivity index (χ0n) is 23.0. The van der Waals surface area contributed by atoms with Crippen LogP contribution >= 0.6 is 0 Å². The first-order chi connectivity index (χ1) is 20.8. The van der Waals surface area contributed by atoms with Gasteiger partial charge in [0.05, 0.1) is 23.0 Å². The molecule has 1 aliphatic carbocycles. The normalized spacial score (nSPS) is 20.0. The second kappa shape index (κ2) is 11.4. The van der Waals surface area contributed by atoms with Gasteiger partial charge in [0, 0.05) is 55.0 Å². The fourth-order valence-electron chi connectivity index (χ4n) is 5.71. The van der Waals surface area contributed by atoms with Crippen molar-refractivity contribution < 1.29 is 28.8 Å². The summed E-state index contributed by atoms with van der Waals surface area (Å²) in [7, 11) is 0. The number of allylic oxidation sites excluding steroid dienone is 1. The van der Waals surface area contributed by atoms with Crippen molar-refractivity contribution in [2.75, 3.05) is 10.6 Å². The van der Waals surface area contributed by atoms with Gasteiger partial charge in [-0.2, -0.15) is 0 Å². The molecule has 0 spiro atoms. The molecule has 1 aromatic heterocycles. The summed E-state index contributed by atoms with van der Waals surface area (Å²) < 4.78 is 0. The summed E-state index contributed by atoms with van der Waals surface area (Å²) in [5.74, 6) is -2.37. The van der Waals surface area contributed by atoms with Crippen molar-refractivity contribution in [1.82, 2.24) is 15.2 Å². The summed E-state index contributed by atoms with van der Waals surface area (Å²) in [4.78, 5) is 81.3. The predicted molar refractivity (Wildman–Crippen MR) is 155 cm³/mol. The summed E-state index contributed by atoms with van der Waals surface area (Å²) in [5.41, 5.74) is 3.00. The number of nitrogens with zero attached hydrogens (tertiary/aromatic N) is 2. The number of fused-ring (bicyclic) bond motifs is 1. The number of hydrogen-bond donors (Lipinski definition) is 3. The number of hydrogen-bond acceptors (Lipinski definition) is 8. The molecule has 11 heteroatoms. The molecule has 43 heavy (non-hydrogen) atoms. The Hall–Kier alpha value is -5.45. The van der Waals surface area contributed by atoms with E-state index >= 15 is 0 Å². The Labute approximate surface area is 246 Å². The smallest absolute Gasteiger partial charge is 0.257 e. The van der Waals surface area contributed by atoms with Crippen LogP contribution < -0.4 is 16.0 Å². The SMILES string of the molecule is O=C1CCC(N2Cc3c(NC(=O)c4cncc(NC=C5C(=O)CC(c6ccccc6)CC5=O)c4)cccc3C2=O)C(=O)N1. The van der Waals surface area contributed by atoms with Crippen LogP contribution in [0.2, 0.25) is 0 Å². The van der Waals surface area contributed by atoms with E-state index in [9.17, 15) is 28.8 Å². The molecule has 11 nitrogen and oxygen atoms in total. The molecular weight excluding hydrogens is 550 g/mol. The second-order valence-electron chi connectivity index (χ2n) is 10.7. The molecule has 1 unspecified atom stereocenters. The fourth-order valence-corrected chi connectivity index (χ4v) is 5.71. The van der Waals surface area contributed by atoms with Crippen LogP contribution in [0.1, 0.15) is 63.4 Å². The fraction of sp³-hybridized carbons (Fsp3) is 0.219. The topological polar surface area (TPSA) is 155 Å². The Morgan fingerprint density at radius 3 is 2.47 bits per heavy atom. The lowest BCUT2D eigenvalue weighted by molar-refractivity contribution is -0.137.